The average molecular weight is 452 g/mol. The van der Waals surface area contributed by atoms with Crippen LogP contribution in [0.2, 0.25) is 5.15 Å². The minimum atomic E-state index is -0.403. The van der Waals surface area contributed by atoms with Crippen molar-refractivity contribution in [1.29, 1.82) is 0 Å². The van der Waals surface area contributed by atoms with Crippen LogP contribution in [-0.2, 0) is 0 Å². The van der Waals surface area contributed by atoms with Crippen molar-refractivity contribution in [3.05, 3.63) is 47.5 Å². The molecular weight excluding hydrogens is 438 g/mol. The van der Waals surface area contributed by atoms with Crippen molar-refractivity contribution in [3.63, 3.8) is 0 Å². The summed E-state index contributed by atoms with van der Waals surface area (Å²) in [4.78, 5) is 34.7. The summed E-state index contributed by atoms with van der Waals surface area (Å²) >= 11 is 7.25. The lowest BCUT2D eigenvalue weighted by atomic mass is 10.3. The largest absolute Gasteiger partial charge is 0.493 e. The first-order valence-corrected chi connectivity index (χ1v) is 10.5. The van der Waals surface area contributed by atoms with Crippen LogP contribution < -0.4 is 10.1 Å². The maximum Gasteiger partial charge on any atom is 0.276 e. The second-order valence-corrected chi connectivity index (χ2v) is 8.09. The highest BCUT2D eigenvalue weighted by molar-refractivity contribution is 7.21. The van der Waals surface area contributed by atoms with Crippen molar-refractivity contribution in [1.82, 2.24) is 29.5 Å². The van der Waals surface area contributed by atoms with Gasteiger partial charge in [0.05, 0.1) is 37.7 Å². The third kappa shape index (κ3) is 4.05. The van der Waals surface area contributed by atoms with Gasteiger partial charge in [0.15, 0.2) is 21.4 Å². The highest BCUT2D eigenvalue weighted by Gasteiger charge is 2.19. The molecule has 4 aromatic rings. The Morgan fingerprint density at radius 1 is 1.29 bits per heavy atom. The molecule has 0 bridgehead atoms. The standard InChI is InChI=1S/C20H14ClN7O2S/c1-30-15-9-23-16(21)6-13(15)28-10-22-8-14(28)18(29)27-20-26-17-19(31-20)25-12(7-24-17)5-4-11-2-3-11/h6-11H,2-3H2,1H3,(H,24,26,27,29). The first-order chi connectivity index (χ1) is 15.1. The number of fused-ring (bicyclic) bond motifs is 1. The lowest BCUT2D eigenvalue weighted by Crippen LogP contribution is -2.16. The Balaban J connectivity index is 1.41. The number of nitrogens with zero attached hydrogens (tertiary/aromatic N) is 6. The Morgan fingerprint density at radius 3 is 2.97 bits per heavy atom. The Labute approximate surface area is 185 Å². The van der Waals surface area contributed by atoms with Gasteiger partial charge >= 0.3 is 0 Å². The zero-order valence-electron chi connectivity index (χ0n) is 16.2. The second kappa shape index (κ2) is 7.94. The molecule has 31 heavy (non-hydrogen) atoms. The molecule has 4 aromatic heterocycles. The number of nitrogens with one attached hydrogen (secondary N) is 1. The molecule has 1 N–H and O–H groups in total. The number of imidazole rings is 1. The van der Waals surface area contributed by atoms with E-state index in [0.717, 1.165) is 12.8 Å². The number of methoxy groups -OCH3 is 1. The van der Waals surface area contributed by atoms with Gasteiger partial charge in [-0.15, -0.1) is 0 Å². The van der Waals surface area contributed by atoms with Gasteiger partial charge in [0.25, 0.3) is 5.91 Å². The maximum absolute atomic E-state index is 12.9. The molecule has 0 atom stereocenters. The monoisotopic (exact) mass is 451 g/mol. The zero-order valence-corrected chi connectivity index (χ0v) is 17.7. The van der Waals surface area contributed by atoms with Crippen LogP contribution in [0.15, 0.2) is 31.0 Å². The maximum atomic E-state index is 12.9. The summed E-state index contributed by atoms with van der Waals surface area (Å²) in [5.41, 5.74) is 1.86. The van der Waals surface area contributed by atoms with Crippen LogP contribution in [0.1, 0.15) is 29.0 Å². The molecule has 11 heteroatoms. The van der Waals surface area contributed by atoms with Gasteiger partial charge < -0.3 is 4.74 Å². The number of carbonyl (C=O) groups excluding carboxylic acids is 1. The molecule has 0 saturated heterocycles. The van der Waals surface area contributed by atoms with Crippen LogP contribution in [0.25, 0.3) is 16.2 Å². The third-order valence-electron chi connectivity index (χ3n) is 4.49. The van der Waals surface area contributed by atoms with E-state index in [1.807, 2.05) is 0 Å². The summed E-state index contributed by atoms with van der Waals surface area (Å²) in [6.45, 7) is 0. The lowest BCUT2D eigenvalue weighted by molar-refractivity contribution is 0.102. The summed E-state index contributed by atoms with van der Waals surface area (Å²) in [6.07, 6.45) is 8.31. The Kier molecular flexibility index (Phi) is 4.97. The highest BCUT2D eigenvalue weighted by Crippen LogP contribution is 2.28. The molecule has 1 saturated carbocycles. The predicted octanol–water partition coefficient (Wildman–Crippen LogP) is 3.34. The second-order valence-electron chi connectivity index (χ2n) is 6.73. The summed E-state index contributed by atoms with van der Waals surface area (Å²) in [6, 6.07) is 1.59. The molecule has 9 nitrogen and oxygen atoms in total. The number of hydrogen-bond acceptors (Lipinski definition) is 8. The van der Waals surface area contributed by atoms with Crippen LogP contribution in [-0.4, -0.2) is 42.5 Å². The van der Waals surface area contributed by atoms with Crippen LogP contribution in [0.5, 0.6) is 5.75 Å². The zero-order chi connectivity index (χ0) is 21.4. The molecule has 0 spiro atoms. The van der Waals surface area contributed by atoms with Crippen molar-refractivity contribution in [3.8, 4) is 23.3 Å². The van der Waals surface area contributed by atoms with E-state index in [-0.39, 0.29) is 10.8 Å². The summed E-state index contributed by atoms with van der Waals surface area (Å²) < 4.78 is 6.89. The number of anilines is 1. The van der Waals surface area contributed by atoms with E-state index in [0.29, 0.717) is 38.7 Å². The number of amides is 1. The van der Waals surface area contributed by atoms with Gasteiger partial charge in [0.2, 0.25) is 0 Å². The highest BCUT2D eigenvalue weighted by atomic mass is 35.5. The quantitative estimate of drug-likeness (QED) is 0.374. The van der Waals surface area contributed by atoms with Gasteiger partial charge in [0, 0.05) is 12.0 Å². The van der Waals surface area contributed by atoms with E-state index in [2.05, 4.69) is 42.1 Å². The predicted molar refractivity (Wildman–Crippen MR) is 116 cm³/mol. The number of hydrogen-bond donors (Lipinski definition) is 1. The molecule has 1 amide bonds. The Morgan fingerprint density at radius 2 is 2.16 bits per heavy atom. The third-order valence-corrected chi connectivity index (χ3v) is 5.55. The Hall–Kier alpha value is -3.55. The number of carbonyl (C=O) groups is 1. The fraction of sp³-hybridized carbons (Fsp3) is 0.200. The fourth-order valence-electron chi connectivity index (χ4n) is 2.81. The Bertz CT molecular complexity index is 1370. The van der Waals surface area contributed by atoms with Crippen LogP contribution in [0.4, 0.5) is 5.13 Å². The van der Waals surface area contributed by atoms with Crippen molar-refractivity contribution in [2.75, 3.05) is 12.4 Å². The summed E-state index contributed by atoms with van der Waals surface area (Å²) in [7, 11) is 1.51. The first-order valence-electron chi connectivity index (χ1n) is 9.29. The van der Waals surface area contributed by atoms with Gasteiger partial charge in [0.1, 0.15) is 16.5 Å². The molecule has 5 rings (SSSR count). The minimum absolute atomic E-state index is 0.264. The van der Waals surface area contributed by atoms with Crippen molar-refractivity contribution >= 4 is 44.5 Å². The topological polar surface area (TPSA) is 108 Å². The van der Waals surface area contributed by atoms with E-state index in [4.69, 9.17) is 16.3 Å². The first kappa shape index (κ1) is 19.4. The number of rotatable bonds is 4. The van der Waals surface area contributed by atoms with Crippen molar-refractivity contribution < 1.29 is 9.53 Å². The molecule has 0 aliphatic heterocycles. The number of halogens is 1. The van der Waals surface area contributed by atoms with E-state index < -0.39 is 5.91 Å². The molecule has 0 unspecified atom stereocenters. The number of aromatic nitrogens is 6. The SMILES string of the molecule is COc1cnc(Cl)cc1-n1cncc1C(=O)Nc1nc2ncc(C#CC3CC3)nc2s1. The fourth-order valence-corrected chi connectivity index (χ4v) is 3.75. The molecule has 0 radical (unpaired) electrons. The van der Waals surface area contributed by atoms with Gasteiger partial charge in [-0.25, -0.2) is 19.9 Å². The van der Waals surface area contributed by atoms with Gasteiger partial charge in [-0.2, -0.15) is 4.98 Å². The summed E-state index contributed by atoms with van der Waals surface area (Å²) in [5, 5.41) is 3.42. The van der Waals surface area contributed by atoms with Crippen LogP contribution in [0, 0.1) is 17.8 Å². The number of pyridine rings is 1. The van der Waals surface area contributed by atoms with Crippen molar-refractivity contribution in [2.24, 2.45) is 5.92 Å². The number of thiazole rings is 1. The smallest absolute Gasteiger partial charge is 0.276 e. The normalized spacial score (nSPS) is 13.0. The number of ether oxygens (including phenoxy) is 1. The van der Waals surface area contributed by atoms with Gasteiger partial charge in [-0.3, -0.25) is 14.7 Å². The van der Waals surface area contributed by atoms with Crippen molar-refractivity contribution in [2.45, 2.75) is 12.8 Å². The molecule has 1 aliphatic carbocycles. The van der Waals surface area contributed by atoms with E-state index in [9.17, 15) is 4.79 Å². The molecule has 154 valence electrons. The van der Waals surface area contributed by atoms with E-state index in [1.54, 1.807) is 16.8 Å². The van der Waals surface area contributed by atoms with E-state index in [1.165, 1.54) is 37.2 Å². The van der Waals surface area contributed by atoms with Crippen LogP contribution in [0.3, 0.4) is 0 Å². The molecular formula is C20H14ClN7O2S. The van der Waals surface area contributed by atoms with Gasteiger partial charge in [-0.1, -0.05) is 28.9 Å². The minimum Gasteiger partial charge on any atom is -0.493 e. The molecule has 1 aliphatic rings. The van der Waals surface area contributed by atoms with Gasteiger partial charge in [-0.05, 0) is 18.8 Å². The van der Waals surface area contributed by atoms with Crippen LogP contribution >= 0.6 is 22.9 Å². The molecule has 0 aromatic carbocycles. The lowest BCUT2D eigenvalue weighted by Gasteiger charge is -2.11. The molecule has 4 heterocycles. The summed E-state index contributed by atoms with van der Waals surface area (Å²) in [5.74, 6) is 6.72. The molecule has 1 fully saturated rings. The average Bonchev–Trinajstić information content (AvgIpc) is 3.31. The van der Waals surface area contributed by atoms with E-state index >= 15 is 0 Å².